The van der Waals surface area contributed by atoms with Crippen molar-refractivity contribution in [3.8, 4) is 0 Å². The molecule has 0 bridgehead atoms. The van der Waals surface area contributed by atoms with Gasteiger partial charge in [0.25, 0.3) is 0 Å². The first kappa shape index (κ1) is 16.9. The fourth-order valence-electron chi connectivity index (χ4n) is 2.99. The Morgan fingerprint density at radius 1 is 1.48 bits per heavy atom. The average molecular weight is 362 g/mol. The molecule has 1 saturated heterocycles. The van der Waals surface area contributed by atoms with Crippen LogP contribution in [0.4, 0.5) is 0 Å². The van der Waals surface area contributed by atoms with E-state index >= 15 is 0 Å². The molecule has 2 heterocycles. The van der Waals surface area contributed by atoms with Crippen molar-refractivity contribution in [3.05, 3.63) is 16.4 Å². The summed E-state index contributed by atoms with van der Waals surface area (Å²) in [5.41, 5.74) is 0.818. The van der Waals surface area contributed by atoms with Crippen molar-refractivity contribution in [3.63, 3.8) is 0 Å². The highest BCUT2D eigenvalue weighted by molar-refractivity contribution is 9.10. The van der Waals surface area contributed by atoms with E-state index in [-0.39, 0.29) is 11.6 Å². The Balaban J connectivity index is 2.33. The first-order valence-corrected chi connectivity index (χ1v) is 7.98. The van der Waals surface area contributed by atoms with Crippen molar-refractivity contribution in [2.45, 2.75) is 31.0 Å². The van der Waals surface area contributed by atoms with E-state index in [1.165, 1.54) is 0 Å². The van der Waals surface area contributed by atoms with Gasteiger partial charge in [-0.05, 0) is 23.0 Å². The van der Waals surface area contributed by atoms with E-state index in [4.69, 9.17) is 14.2 Å². The van der Waals surface area contributed by atoms with Crippen molar-refractivity contribution in [1.82, 2.24) is 15.1 Å². The Hall–Kier alpha value is -0.470. The molecule has 0 saturated carbocycles. The fraction of sp³-hybridized carbons (Fsp3) is 0.786. The summed E-state index contributed by atoms with van der Waals surface area (Å²) in [6.45, 7) is 2.78. The predicted octanol–water partition coefficient (Wildman–Crippen LogP) is 1.75. The number of nitrogens with one attached hydrogen (secondary N) is 1. The van der Waals surface area contributed by atoms with E-state index < -0.39 is 0 Å². The quantitative estimate of drug-likeness (QED) is 0.801. The molecule has 1 aliphatic heterocycles. The molecule has 120 valence electrons. The van der Waals surface area contributed by atoms with Gasteiger partial charge in [0.2, 0.25) is 0 Å². The molecule has 0 aromatic carbocycles. The molecule has 0 spiro atoms. The van der Waals surface area contributed by atoms with Crippen LogP contribution in [0, 0.1) is 0 Å². The van der Waals surface area contributed by atoms with Crippen LogP contribution in [-0.4, -0.2) is 56.5 Å². The molecule has 1 unspecified atom stereocenters. The van der Waals surface area contributed by atoms with E-state index in [1.807, 2.05) is 17.9 Å². The first-order valence-electron chi connectivity index (χ1n) is 7.19. The number of ether oxygens (including phenoxy) is 3. The van der Waals surface area contributed by atoms with Crippen LogP contribution in [0.5, 0.6) is 0 Å². The number of methoxy groups -OCH3 is 2. The van der Waals surface area contributed by atoms with Crippen LogP contribution >= 0.6 is 15.9 Å². The highest BCUT2D eigenvalue weighted by Crippen LogP contribution is 2.39. The third-order valence-electron chi connectivity index (χ3n) is 4.17. The van der Waals surface area contributed by atoms with Gasteiger partial charge >= 0.3 is 0 Å². The van der Waals surface area contributed by atoms with E-state index in [0.29, 0.717) is 13.2 Å². The van der Waals surface area contributed by atoms with Gasteiger partial charge in [0, 0.05) is 40.3 Å². The van der Waals surface area contributed by atoms with Gasteiger partial charge in [0.1, 0.15) is 0 Å². The number of rotatable bonds is 7. The van der Waals surface area contributed by atoms with Gasteiger partial charge in [-0.3, -0.25) is 4.68 Å². The van der Waals surface area contributed by atoms with Crippen molar-refractivity contribution in [2.24, 2.45) is 0 Å². The Kier molecular flexibility index (Phi) is 6.19. The van der Waals surface area contributed by atoms with Crippen LogP contribution in [0.25, 0.3) is 0 Å². The zero-order valence-corrected chi connectivity index (χ0v) is 14.5. The third kappa shape index (κ3) is 3.48. The van der Waals surface area contributed by atoms with Gasteiger partial charge < -0.3 is 19.5 Å². The lowest BCUT2D eigenvalue weighted by atomic mass is 9.84. The molecule has 0 aliphatic carbocycles. The Labute approximate surface area is 134 Å². The fourth-order valence-corrected chi connectivity index (χ4v) is 3.52. The predicted molar refractivity (Wildman–Crippen MR) is 83.4 cm³/mol. The summed E-state index contributed by atoms with van der Waals surface area (Å²) in [5.74, 6) is 0. The maximum absolute atomic E-state index is 5.93. The number of hydrogen-bond acceptors (Lipinski definition) is 5. The molecule has 7 heteroatoms. The molecule has 2 rings (SSSR count). The monoisotopic (exact) mass is 361 g/mol. The number of likely N-dealkylation sites (N-methyl/N-ethyl adjacent to an activating group) is 1. The maximum atomic E-state index is 5.93. The van der Waals surface area contributed by atoms with E-state index in [9.17, 15) is 0 Å². The molecule has 1 fully saturated rings. The Bertz CT molecular complexity index is 447. The minimum absolute atomic E-state index is 0.0418. The molecule has 1 atom stereocenters. The highest BCUT2D eigenvalue weighted by atomic mass is 79.9. The Morgan fingerprint density at radius 2 is 2.19 bits per heavy atom. The standard InChI is InChI=1S/C14H24BrN3O3/c1-16-13(14(20-3)4-7-21-8-5-14)12-11(15)10-17-18(12)6-9-19-2/h10,13,16H,4-9H2,1-3H3. The molecule has 0 amide bonds. The van der Waals surface area contributed by atoms with Crippen LogP contribution in [-0.2, 0) is 20.8 Å². The SMILES string of the molecule is CNC(c1c(Br)cnn1CCOC)C1(OC)CCOCC1. The summed E-state index contributed by atoms with van der Waals surface area (Å²) in [6, 6.07) is 0.0418. The molecule has 1 aromatic rings. The highest BCUT2D eigenvalue weighted by Gasteiger charge is 2.43. The molecule has 0 radical (unpaired) electrons. The minimum atomic E-state index is -0.277. The summed E-state index contributed by atoms with van der Waals surface area (Å²) >= 11 is 3.62. The topological polar surface area (TPSA) is 57.5 Å². The van der Waals surface area contributed by atoms with Gasteiger partial charge in [0.15, 0.2) is 0 Å². The number of hydrogen-bond donors (Lipinski definition) is 1. The normalized spacial score (nSPS) is 19.6. The van der Waals surface area contributed by atoms with Gasteiger partial charge in [0.05, 0.1) is 41.2 Å². The van der Waals surface area contributed by atoms with Gasteiger partial charge in [-0.2, -0.15) is 5.10 Å². The molecule has 1 aromatic heterocycles. The van der Waals surface area contributed by atoms with Gasteiger partial charge in [-0.1, -0.05) is 0 Å². The minimum Gasteiger partial charge on any atom is -0.383 e. The summed E-state index contributed by atoms with van der Waals surface area (Å²) in [7, 11) is 5.43. The second-order valence-corrected chi connectivity index (χ2v) is 6.05. The molecule has 1 N–H and O–H groups in total. The number of halogens is 1. The molecular formula is C14H24BrN3O3. The largest absolute Gasteiger partial charge is 0.383 e. The van der Waals surface area contributed by atoms with Crippen LogP contribution in [0.1, 0.15) is 24.6 Å². The molecule has 6 nitrogen and oxygen atoms in total. The van der Waals surface area contributed by atoms with Crippen molar-refractivity contribution in [1.29, 1.82) is 0 Å². The van der Waals surface area contributed by atoms with Gasteiger partial charge in [-0.15, -0.1) is 0 Å². The van der Waals surface area contributed by atoms with Crippen molar-refractivity contribution in [2.75, 3.05) is 41.1 Å². The van der Waals surface area contributed by atoms with Crippen LogP contribution in [0.3, 0.4) is 0 Å². The smallest absolute Gasteiger partial charge is 0.0931 e. The zero-order valence-electron chi connectivity index (χ0n) is 12.9. The lowest BCUT2D eigenvalue weighted by molar-refractivity contribution is -0.112. The van der Waals surface area contributed by atoms with Crippen LogP contribution in [0.2, 0.25) is 0 Å². The zero-order chi connectivity index (χ0) is 15.3. The van der Waals surface area contributed by atoms with Gasteiger partial charge in [-0.25, -0.2) is 0 Å². The summed E-state index contributed by atoms with van der Waals surface area (Å²) in [5, 5.41) is 7.86. The van der Waals surface area contributed by atoms with Crippen molar-refractivity contribution >= 4 is 15.9 Å². The summed E-state index contributed by atoms with van der Waals surface area (Å²) in [4.78, 5) is 0. The Morgan fingerprint density at radius 3 is 2.76 bits per heavy atom. The second-order valence-electron chi connectivity index (χ2n) is 5.20. The number of nitrogens with zero attached hydrogens (tertiary/aromatic N) is 2. The van der Waals surface area contributed by atoms with Crippen molar-refractivity contribution < 1.29 is 14.2 Å². The van der Waals surface area contributed by atoms with Crippen LogP contribution < -0.4 is 5.32 Å². The lowest BCUT2D eigenvalue weighted by Crippen LogP contribution is -2.49. The summed E-state index contributed by atoms with van der Waals surface area (Å²) < 4.78 is 19.6. The number of aromatic nitrogens is 2. The molecular weight excluding hydrogens is 338 g/mol. The molecule has 21 heavy (non-hydrogen) atoms. The van der Waals surface area contributed by atoms with Crippen LogP contribution in [0.15, 0.2) is 10.7 Å². The van der Waals surface area contributed by atoms with E-state index in [0.717, 1.165) is 36.2 Å². The second kappa shape index (κ2) is 7.69. The first-order chi connectivity index (χ1) is 10.2. The average Bonchev–Trinajstić information content (AvgIpc) is 2.88. The van der Waals surface area contributed by atoms with E-state index in [1.54, 1.807) is 14.2 Å². The third-order valence-corrected chi connectivity index (χ3v) is 4.79. The lowest BCUT2D eigenvalue weighted by Gasteiger charge is -2.42. The maximum Gasteiger partial charge on any atom is 0.0931 e. The van der Waals surface area contributed by atoms with E-state index in [2.05, 4.69) is 26.3 Å². The summed E-state index contributed by atoms with van der Waals surface area (Å²) in [6.07, 6.45) is 3.55. The molecule has 1 aliphatic rings.